The average Bonchev–Trinajstić information content (AvgIpc) is 2.96. The van der Waals surface area contributed by atoms with Gasteiger partial charge in [-0.15, -0.1) is 5.10 Å². The fraction of sp³-hybridized carbons (Fsp3) is 0.444. The standard InChI is InChI=1S/C18H25N5O3S/c1-5-10-23-17(26)20-21-18(23)27-13(3)16(25)22(4)11-15(24)19-14-8-6-12(2)7-9-14/h6-9,13H,5,10-11H2,1-4H3,(H,19,24)(H,20,26)/t13-/m1/s1. The van der Waals surface area contributed by atoms with E-state index in [1.54, 1.807) is 14.0 Å². The van der Waals surface area contributed by atoms with Crippen LogP contribution in [0.25, 0.3) is 0 Å². The van der Waals surface area contributed by atoms with Crippen LogP contribution in [0, 0.1) is 6.92 Å². The van der Waals surface area contributed by atoms with Gasteiger partial charge < -0.3 is 10.2 Å². The molecule has 9 heteroatoms. The highest BCUT2D eigenvalue weighted by atomic mass is 32.2. The Bertz CT molecular complexity index is 843. The zero-order chi connectivity index (χ0) is 20.0. The fourth-order valence-corrected chi connectivity index (χ4v) is 3.46. The predicted molar refractivity (Wildman–Crippen MR) is 106 cm³/mol. The van der Waals surface area contributed by atoms with Crippen LogP contribution < -0.4 is 11.0 Å². The second-order valence-electron chi connectivity index (χ2n) is 6.33. The van der Waals surface area contributed by atoms with Crippen LogP contribution in [-0.4, -0.2) is 50.3 Å². The number of nitrogens with one attached hydrogen (secondary N) is 2. The molecule has 0 saturated carbocycles. The number of benzene rings is 1. The normalized spacial score (nSPS) is 11.9. The van der Waals surface area contributed by atoms with Crippen LogP contribution in [-0.2, 0) is 16.1 Å². The number of likely N-dealkylation sites (N-methyl/N-ethyl adjacent to an activating group) is 1. The maximum atomic E-state index is 12.6. The molecule has 1 aromatic carbocycles. The summed E-state index contributed by atoms with van der Waals surface area (Å²) < 4.78 is 1.51. The summed E-state index contributed by atoms with van der Waals surface area (Å²) in [5.41, 5.74) is 1.50. The third-order valence-corrected chi connectivity index (χ3v) is 4.97. The molecule has 8 nitrogen and oxygen atoms in total. The molecule has 1 heterocycles. The molecule has 0 radical (unpaired) electrons. The Balaban J connectivity index is 1.92. The lowest BCUT2D eigenvalue weighted by atomic mass is 10.2. The minimum absolute atomic E-state index is 0.0556. The van der Waals surface area contributed by atoms with Gasteiger partial charge in [-0.3, -0.25) is 14.2 Å². The molecule has 27 heavy (non-hydrogen) atoms. The molecule has 2 amide bonds. The van der Waals surface area contributed by atoms with Crippen molar-refractivity contribution in [3.05, 3.63) is 40.3 Å². The smallest absolute Gasteiger partial charge is 0.335 e. The number of amides is 2. The van der Waals surface area contributed by atoms with E-state index in [0.29, 0.717) is 17.4 Å². The third-order valence-electron chi connectivity index (χ3n) is 3.89. The number of nitrogens with zero attached hydrogens (tertiary/aromatic N) is 3. The number of carbonyl (C=O) groups is 2. The summed E-state index contributed by atoms with van der Waals surface area (Å²) in [6.45, 7) is 6.14. The van der Waals surface area contributed by atoms with Gasteiger partial charge >= 0.3 is 5.69 Å². The number of hydrogen-bond donors (Lipinski definition) is 2. The number of anilines is 1. The first-order chi connectivity index (χ1) is 12.8. The lowest BCUT2D eigenvalue weighted by Crippen LogP contribution is -2.39. The largest absolute Gasteiger partial charge is 0.343 e. The molecule has 0 unspecified atom stereocenters. The Hall–Kier alpha value is -2.55. The minimum atomic E-state index is -0.479. The third kappa shape index (κ3) is 5.72. The van der Waals surface area contributed by atoms with E-state index in [1.807, 2.05) is 38.1 Å². The van der Waals surface area contributed by atoms with E-state index in [9.17, 15) is 14.4 Å². The van der Waals surface area contributed by atoms with E-state index in [1.165, 1.54) is 21.2 Å². The van der Waals surface area contributed by atoms with Gasteiger partial charge in [0.1, 0.15) is 0 Å². The van der Waals surface area contributed by atoms with Crippen LogP contribution in [0.5, 0.6) is 0 Å². The molecule has 0 spiro atoms. The molecule has 1 atom stereocenters. The molecular formula is C18H25N5O3S. The fourth-order valence-electron chi connectivity index (χ4n) is 2.46. The summed E-state index contributed by atoms with van der Waals surface area (Å²) in [5.74, 6) is -0.480. The van der Waals surface area contributed by atoms with Crippen LogP contribution in [0.3, 0.4) is 0 Å². The summed E-state index contributed by atoms with van der Waals surface area (Å²) in [7, 11) is 1.58. The number of rotatable bonds is 8. The van der Waals surface area contributed by atoms with Gasteiger partial charge in [0.05, 0.1) is 11.8 Å². The van der Waals surface area contributed by atoms with Gasteiger partial charge in [0.25, 0.3) is 0 Å². The number of aromatic nitrogens is 3. The number of thioether (sulfide) groups is 1. The summed E-state index contributed by atoms with van der Waals surface area (Å²) in [4.78, 5) is 37.8. The zero-order valence-corrected chi connectivity index (χ0v) is 16.8. The van der Waals surface area contributed by atoms with Crippen LogP contribution >= 0.6 is 11.8 Å². The maximum absolute atomic E-state index is 12.6. The maximum Gasteiger partial charge on any atom is 0.343 e. The second-order valence-corrected chi connectivity index (χ2v) is 7.64. The van der Waals surface area contributed by atoms with E-state index < -0.39 is 5.25 Å². The lowest BCUT2D eigenvalue weighted by Gasteiger charge is -2.20. The van der Waals surface area contributed by atoms with Crippen molar-refractivity contribution in [1.82, 2.24) is 19.7 Å². The Morgan fingerprint density at radius 2 is 2.00 bits per heavy atom. The van der Waals surface area contributed by atoms with E-state index in [4.69, 9.17) is 0 Å². The first-order valence-corrected chi connectivity index (χ1v) is 9.63. The van der Waals surface area contributed by atoms with Gasteiger partial charge in [0.15, 0.2) is 5.16 Å². The molecule has 146 valence electrons. The van der Waals surface area contributed by atoms with Crippen molar-refractivity contribution in [2.24, 2.45) is 0 Å². The summed E-state index contributed by atoms with van der Waals surface area (Å²) >= 11 is 1.20. The topological polar surface area (TPSA) is 100 Å². The van der Waals surface area contributed by atoms with E-state index in [-0.39, 0.29) is 24.0 Å². The molecule has 0 aliphatic heterocycles. The van der Waals surface area contributed by atoms with Crippen LogP contribution in [0.15, 0.2) is 34.2 Å². The Kier molecular flexibility index (Phi) is 7.23. The second kappa shape index (κ2) is 9.40. The van der Waals surface area contributed by atoms with Gasteiger partial charge in [-0.2, -0.15) is 0 Å². The van der Waals surface area contributed by atoms with Crippen molar-refractivity contribution in [3.63, 3.8) is 0 Å². The number of carbonyl (C=O) groups excluding carboxylic acids is 2. The molecule has 2 N–H and O–H groups in total. The van der Waals surface area contributed by atoms with E-state index >= 15 is 0 Å². The van der Waals surface area contributed by atoms with Gasteiger partial charge in [0.2, 0.25) is 11.8 Å². The molecule has 2 rings (SSSR count). The quantitative estimate of drug-likeness (QED) is 0.669. The molecule has 0 saturated heterocycles. The summed E-state index contributed by atoms with van der Waals surface area (Å²) in [6.07, 6.45) is 0.786. The van der Waals surface area contributed by atoms with Gasteiger partial charge in [-0.1, -0.05) is 36.4 Å². The Morgan fingerprint density at radius 1 is 1.33 bits per heavy atom. The van der Waals surface area contributed by atoms with Crippen LogP contribution in [0.4, 0.5) is 5.69 Å². The van der Waals surface area contributed by atoms with Crippen molar-refractivity contribution >= 4 is 29.3 Å². The highest BCUT2D eigenvalue weighted by Gasteiger charge is 2.23. The summed E-state index contributed by atoms with van der Waals surface area (Å²) in [5, 5.41) is 9.15. The molecule has 1 aromatic heterocycles. The van der Waals surface area contributed by atoms with E-state index in [0.717, 1.165) is 12.0 Å². The SMILES string of the molecule is CCCn1c(S[C@H](C)C(=O)N(C)CC(=O)Nc2ccc(C)cc2)n[nH]c1=O. The predicted octanol–water partition coefficient (Wildman–Crippen LogP) is 1.87. The van der Waals surface area contributed by atoms with Crippen molar-refractivity contribution in [3.8, 4) is 0 Å². The number of aryl methyl sites for hydroxylation is 1. The molecular weight excluding hydrogens is 366 g/mol. The van der Waals surface area contributed by atoms with Gasteiger partial charge in [-0.05, 0) is 32.4 Å². The molecule has 0 aliphatic carbocycles. The summed E-state index contributed by atoms with van der Waals surface area (Å²) in [6, 6.07) is 7.45. The molecule has 0 fully saturated rings. The number of hydrogen-bond acceptors (Lipinski definition) is 5. The zero-order valence-electron chi connectivity index (χ0n) is 16.0. The molecule has 0 aliphatic rings. The molecule has 2 aromatic rings. The van der Waals surface area contributed by atoms with Gasteiger partial charge in [0, 0.05) is 19.3 Å². The number of H-pyrrole nitrogens is 1. The van der Waals surface area contributed by atoms with Crippen molar-refractivity contribution in [2.75, 3.05) is 18.9 Å². The van der Waals surface area contributed by atoms with Crippen molar-refractivity contribution in [2.45, 2.75) is 44.1 Å². The Labute approximate surface area is 162 Å². The van der Waals surface area contributed by atoms with Crippen molar-refractivity contribution < 1.29 is 9.59 Å². The number of aromatic amines is 1. The van der Waals surface area contributed by atoms with Crippen molar-refractivity contribution in [1.29, 1.82) is 0 Å². The van der Waals surface area contributed by atoms with Gasteiger partial charge in [-0.25, -0.2) is 9.89 Å². The van der Waals surface area contributed by atoms with Crippen LogP contribution in [0.1, 0.15) is 25.8 Å². The minimum Gasteiger partial charge on any atom is -0.335 e. The Morgan fingerprint density at radius 3 is 2.63 bits per heavy atom. The van der Waals surface area contributed by atoms with E-state index in [2.05, 4.69) is 15.5 Å². The first-order valence-electron chi connectivity index (χ1n) is 8.75. The highest BCUT2D eigenvalue weighted by molar-refractivity contribution is 8.00. The first kappa shape index (κ1) is 20.8. The average molecular weight is 391 g/mol. The molecule has 0 bridgehead atoms. The lowest BCUT2D eigenvalue weighted by molar-refractivity contribution is -0.132. The highest BCUT2D eigenvalue weighted by Crippen LogP contribution is 2.21. The van der Waals surface area contributed by atoms with Crippen LogP contribution in [0.2, 0.25) is 0 Å². The monoisotopic (exact) mass is 391 g/mol.